The van der Waals surface area contributed by atoms with Gasteiger partial charge in [0.15, 0.2) is 0 Å². The summed E-state index contributed by atoms with van der Waals surface area (Å²) in [5, 5.41) is 0.531. The number of benzene rings is 2. The number of rotatable bonds is 8. The third kappa shape index (κ3) is 6.68. The van der Waals surface area contributed by atoms with Crippen LogP contribution in [0.1, 0.15) is 19.4 Å². The van der Waals surface area contributed by atoms with E-state index in [0.29, 0.717) is 16.5 Å². The van der Waals surface area contributed by atoms with Crippen molar-refractivity contribution in [2.45, 2.75) is 26.9 Å². The third-order valence-electron chi connectivity index (χ3n) is 5.71. The summed E-state index contributed by atoms with van der Waals surface area (Å²) in [6.45, 7) is 3.01. The van der Waals surface area contributed by atoms with E-state index in [2.05, 4.69) is 15.0 Å². The zero-order valence-corrected chi connectivity index (χ0v) is 22.1. The van der Waals surface area contributed by atoms with E-state index < -0.39 is 28.7 Å². The first kappa shape index (κ1) is 27.5. The Morgan fingerprint density at radius 2 is 1.74 bits per heavy atom. The molecule has 0 saturated carbocycles. The van der Waals surface area contributed by atoms with E-state index in [1.54, 1.807) is 62.4 Å². The number of carbonyl (C=O) groups is 1. The molecule has 1 N–H and O–H groups in total. The van der Waals surface area contributed by atoms with E-state index in [1.807, 2.05) is 0 Å². The average Bonchev–Trinajstić information content (AvgIpc) is 2.90. The molecule has 0 amide bonds. The number of nitrogens with zero attached hydrogens (tertiary/aromatic N) is 4. The summed E-state index contributed by atoms with van der Waals surface area (Å²) in [4.78, 5) is 49.5. The Kier molecular flexibility index (Phi) is 8.10. The van der Waals surface area contributed by atoms with E-state index in [0.717, 1.165) is 10.1 Å². The molecule has 2 aromatic carbocycles. The van der Waals surface area contributed by atoms with Gasteiger partial charge in [-0.15, -0.1) is 0 Å². The van der Waals surface area contributed by atoms with Crippen molar-refractivity contribution in [3.8, 4) is 11.6 Å². The van der Waals surface area contributed by atoms with E-state index in [9.17, 15) is 18.8 Å². The van der Waals surface area contributed by atoms with Crippen LogP contribution in [0, 0.1) is 11.4 Å². The average molecular weight is 554 g/mol. The Bertz CT molecular complexity index is 1680. The lowest BCUT2D eigenvalue weighted by atomic mass is 9.94. The van der Waals surface area contributed by atoms with Gasteiger partial charge in [-0.3, -0.25) is 14.3 Å². The quantitative estimate of drug-likeness (QED) is 0.262. The fraction of sp³-hybridized carbons (Fsp3) is 0.222. The standard InChI is InChI=1S/C27H25ClFN5O5/c1-27(2,23(35)38-3)16-34-25(36)32-24(33(26(34)37)15-17-7-9-18(28)10-8-17)30-19-11-13-20(14-12-19)39-22-6-4-5-21(29)31-22/h4-14H,15-16H2,1-3H3,(H,30,32,36). The van der Waals surface area contributed by atoms with Crippen LogP contribution in [0.25, 0.3) is 0 Å². The van der Waals surface area contributed by atoms with E-state index in [1.165, 1.54) is 29.9 Å². The first-order chi connectivity index (χ1) is 18.6. The summed E-state index contributed by atoms with van der Waals surface area (Å²) in [5.41, 5.74) is -1.42. The number of halogens is 2. The Balaban J connectivity index is 1.76. The van der Waals surface area contributed by atoms with Crippen LogP contribution >= 0.6 is 11.6 Å². The summed E-state index contributed by atoms with van der Waals surface area (Å²) in [6.07, 6.45) is 0. The molecule has 0 saturated heterocycles. The maximum absolute atomic E-state index is 13.6. The second kappa shape index (κ2) is 11.5. The molecule has 0 fully saturated rings. The maximum atomic E-state index is 13.6. The number of esters is 1. The number of hydrogen-bond acceptors (Lipinski definition) is 7. The van der Waals surface area contributed by atoms with Crippen LogP contribution in [-0.4, -0.2) is 32.2 Å². The first-order valence-corrected chi connectivity index (χ1v) is 12.2. The minimum atomic E-state index is -1.14. The van der Waals surface area contributed by atoms with Gasteiger partial charge in [0.2, 0.25) is 17.4 Å². The molecular formula is C27H25ClFN5O5. The summed E-state index contributed by atoms with van der Waals surface area (Å²) in [5.74, 6) is -0.765. The largest absolute Gasteiger partial charge is 0.469 e. The highest BCUT2D eigenvalue weighted by Crippen LogP contribution is 2.22. The van der Waals surface area contributed by atoms with E-state index in [-0.39, 0.29) is 24.6 Å². The number of carbonyl (C=O) groups excluding carboxylic acids is 1. The number of hydrogen-bond donors (Lipinski definition) is 1. The summed E-state index contributed by atoms with van der Waals surface area (Å²) in [7, 11) is 1.24. The van der Waals surface area contributed by atoms with Crippen molar-refractivity contribution in [3.05, 3.63) is 110 Å². The molecule has 2 heterocycles. The molecule has 0 aliphatic heterocycles. The fourth-order valence-electron chi connectivity index (χ4n) is 3.71. The lowest BCUT2D eigenvalue weighted by Gasteiger charge is -2.22. The van der Waals surface area contributed by atoms with Crippen LogP contribution in [0.3, 0.4) is 0 Å². The fourth-order valence-corrected chi connectivity index (χ4v) is 3.84. The van der Waals surface area contributed by atoms with Crippen molar-refractivity contribution in [1.82, 2.24) is 19.1 Å². The van der Waals surface area contributed by atoms with E-state index in [4.69, 9.17) is 21.1 Å². The third-order valence-corrected chi connectivity index (χ3v) is 5.96. The molecule has 4 rings (SSSR count). The lowest BCUT2D eigenvalue weighted by Crippen LogP contribution is -2.52. The molecule has 0 spiro atoms. The van der Waals surface area contributed by atoms with Crippen LogP contribution < -0.4 is 21.7 Å². The molecule has 0 bridgehead atoms. The number of ether oxygens (including phenoxy) is 2. The normalized spacial score (nSPS) is 11.9. The molecule has 0 atom stereocenters. The molecule has 0 radical (unpaired) electrons. The first-order valence-electron chi connectivity index (χ1n) is 11.8. The van der Waals surface area contributed by atoms with Gasteiger partial charge in [-0.2, -0.15) is 9.37 Å². The number of aromatic nitrogens is 4. The molecule has 12 heteroatoms. The van der Waals surface area contributed by atoms with Crippen LogP contribution in [-0.2, 0) is 22.6 Å². The molecule has 0 unspecified atom stereocenters. The minimum Gasteiger partial charge on any atom is -0.469 e. The zero-order chi connectivity index (χ0) is 28.2. The highest BCUT2D eigenvalue weighted by atomic mass is 35.5. The summed E-state index contributed by atoms with van der Waals surface area (Å²) >= 11 is 6.00. The SMILES string of the molecule is COC(=O)C(C)(C)Cn1c(=O)[nH]/c(=N\c2ccc(Oc3cccc(F)n3)cc2)n(Cc2ccc(Cl)cc2)c1=O. The molecule has 202 valence electrons. The number of pyridine rings is 1. The Morgan fingerprint density at radius 3 is 2.38 bits per heavy atom. The van der Waals surface area contributed by atoms with Gasteiger partial charge >= 0.3 is 17.3 Å². The van der Waals surface area contributed by atoms with Gasteiger partial charge in [0, 0.05) is 17.6 Å². The Hall–Kier alpha value is -4.51. The highest BCUT2D eigenvalue weighted by Gasteiger charge is 2.31. The Morgan fingerprint density at radius 1 is 1.05 bits per heavy atom. The van der Waals surface area contributed by atoms with Gasteiger partial charge in [-0.25, -0.2) is 19.1 Å². The second-order valence-electron chi connectivity index (χ2n) is 9.22. The van der Waals surface area contributed by atoms with Crippen molar-refractivity contribution < 1.29 is 18.7 Å². The minimum absolute atomic E-state index is 0.00691. The van der Waals surface area contributed by atoms with Crippen LogP contribution in [0.5, 0.6) is 11.6 Å². The smallest absolute Gasteiger partial charge is 0.335 e. The van der Waals surface area contributed by atoms with Gasteiger partial charge in [-0.1, -0.05) is 29.8 Å². The molecular weight excluding hydrogens is 529 g/mol. The highest BCUT2D eigenvalue weighted by molar-refractivity contribution is 6.30. The number of aromatic amines is 1. The van der Waals surface area contributed by atoms with Crippen molar-refractivity contribution in [1.29, 1.82) is 0 Å². The zero-order valence-electron chi connectivity index (χ0n) is 21.4. The summed E-state index contributed by atoms with van der Waals surface area (Å²) in [6, 6.07) is 17.5. The van der Waals surface area contributed by atoms with Gasteiger partial charge in [0.1, 0.15) is 5.75 Å². The van der Waals surface area contributed by atoms with Crippen LogP contribution in [0.2, 0.25) is 5.02 Å². The predicted octanol–water partition coefficient (Wildman–Crippen LogP) is 3.80. The molecule has 39 heavy (non-hydrogen) atoms. The monoisotopic (exact) mass is 553 g/mol. The molecule has 4 aromatic rings. The molecule has 0 aliphatic carbocycles. The van der Waals surface area contributed by atoms with Gasteiger partial charge < -0.3 is 9.47 Å². The summed E-state index contributed by atoms with van der Waals surface area (Å²) < 4.78 is 25.9. The number of H-pyrrole nitrogens is 1. The second-order valence-corrected chi connectivity index (χ2v) is 9.65. The van der Waals surface area contributed by atoms with Crippen molar-refractivity contribution in [2.24, 2.45) is 10.4 Å². The topological polar surface area (TPSA) is 121 Å². The number of methoxy groups -OCH3 is 1. The van der Waals surface area contributed by atoms with Gasteiger partial charge in [0.25, 0.3) is 0 Å². The van der Waals surface area contributed by atoms with Crippen molar-refractivity contribution in [2.75, 3.05) is 7.11 Å². The van der Waals surface area contributed by atoms with E-state index >= 15 is 0 Å². The Labute approximate surface area is 227 Å². The van der Waals surface area contributed by atoms with Crippen molar-refractivity contribution in [3.63, 3.8) is 0 Å². The van der Waals surface area contributed by atoms with Gasteiger partial charge in [0.05, 0.1) is 24.8 Å². The van der Waals surface area contributed by atoms with Gasteiger partial charge in [-0.05, 0) is 61.9 Å². The molecule has 10 nitrogen and oxygen atoms in total. The van der Waals surface area contributed by atoms with Crippen LogP contribution in [0.4, 0.5) is 10.1 Å². The molecule has 2 aromatic heterocycles. The maximum Gasteiger partial charge on any atom is 0.335 e. The van der Waals surface area contributed by atoms with Crippen molar-refractivity contribution >= 4 is 23.3 Å². The lowest BCUT2D eigenvalue weighted by molar-refractivity contribution is -0.151. The number of nitrogens with one attached hydrogen (secondary N) is 1. The molecule has 0 aliphatic rings. The van der Waals surface area contributed by atoms with Crippen LogP contribution in [0.15, 0.2) is 81.3 Å². The predicted molar refractivity (Wildman–Crippen MR) is 142 cm³/mol.